The minimum Gasteiger partial charge on any atom is -0.352 e. The number of amides is 1. The van der Waals surface area contributed by atoms with Gasteiger partial charge < -0.3 is 5.32 Å². The van der Waals surface area contributed by atoms with E-state index in [0.717, 1.165) is 0 Å². The Morgan fingerprint density at radius 2 is 2.05 bits per heavy atom. The van der Waals surface area contributed by atoms with Crippen molar-refractivity contribution in [2.45, 2.75) is 24.6 Å². The van der Waals surface area contributed by atoms with Crippen molar-refractivity contribution in [3.8, 4) is 6.07 Å². The summed E-state index contributed by atoms with van der Waals surface area (Å²) in [6.07, 6.45) is 1.10. The number of hydrogen-bond donors (Lipinski definition) is 2. The van der Waals surface area contributed by atoms with Gasteiger partial charge >= 0.3 is 0 Å². The van der Waals surface area contributed by atoms with Crippen molar-refractivity contribution < 1.29 is 13.2 Å². The second-order valence-corrected chi connectivity index (χ2v) is 6.53. The Labute approximate surface area is 117 Å². The maximum atomic E-state index is 11.9. The molecule has 1 heterocycles. The summed E-state index contributed by atoms with van der Waals surface area (Å²) in [5.74, 6) is -0.180. The number of nitrogens with zero attached hydrogens (tertiary/aromatic N) is 1. The van der Waals surface area contributed by atoms with Gasteiger partial charge in [0.1, 0.15) is 0 Å². The SMILES string of the molecule is N#Cc1ccc(CS(=O)(=O)NCC2CCC(=O)N2)cc1. The number of carbonyl (C=O) groups is 1. The molecule has 7 heteroatoms. The summed E-state index contributed by atoms with van der Waals surface area (Å²) in [7, 11) is -3.44. The van der Waals surface area contributed by atoms with Gasteiger partial charge in [-0.15, -0.1) is 0 Å². The van der Waals surface area contributed by atoms with Gasteiger partial charge in [-0.3, -0.25) is 4.79 Å². The quantitative estimate of drug-likeness (QED) is 0.813. The highest BCUT2D eigenvalue weighted by atomic mass is 32.2. The van der Waals surface area contributed by atoms with Crippen molar-refractivity contribution in [2.24, 2.45) is 0 Å². The summed E-state index contributed by atoms with van der Waals surface area (Å²) < 4.78 is 26.3. The first-order chi connectivity index (χ1) is 9.48. The fraction of sp³-hybridized carbons (Fsp3) is 0.385. The molecule has 0 radical (unpaired) electrons. The minimum absolute atomic E-state index is 0.0405. The Hall–Kier alpha value is -1.91. The van der Waals surface area contributed by atoms with E-state index in [9.17, 15) is 13.2 Å². The van der Waals surface area contributed by atoms with Crippen LogP contribution in [-0.2, 0) is 20.6 Å². The van der Waals surface area contributed by atoms with Gasteiger partial charge in [-0.05, 0) is 24.1 Å². The van der Waals surface area contributed by atoms with E-state index in [1.165, 1.54) is 0 Å². The van der Waals surface area contributed by atoms with Gasteiger partial charge in [0.15, 0.2) is 0 Å². The second-order valence-electron chi connectivity index (χ2n) is 4.72. The molecule has 0 aliphatic carbocycles. The van der Waals surface area contributed by atoms with Crippen molar-refractivity contribution in [1.29, 1.82) is 5.26 Å². The highest BCUT2D eigenvalue weighted by Gasteiger charge is 2.22. The lowest BCUT2D eigenvalue weighted by Gasteiger charge is -2.11. The van der Waals surface area contributed by atoms with Crippen molar-refractivity contribution in [1.82, 2.24) is 10.0 Å². The third-order valence-corrected chi connectivity index (χ3v) is 4.39. The third-order valence-electron chi connectivity index (χ3n) is 3.07. The summed E-state index contributed by atoms with van der Waals surface area (Å²) >= 11 is 0. The molecule has 1 aliphatic heterocycles. The number of benzene rings is 1. The number of nitriles is 1. The lowest BCUT2D eigenvalue weighted by atomic mass is 10.2. The van der Waals surface area contributed by atoms with Gasteiger partial charge in [-0.2, -0.15) is 5.26 Å². The molecule has 0 aromatic heterocycles. The van der Waals surface area contributed by atoms with Crippen LogP contribution in [0.5, 0.6) is 0 Å². The summed E-state index contributed by atoms with van der Waals surface area (Å²) in [4.78, 5) is 11.0. The molecule has 1 aliphatic rings. The lowest BCUT2D eigenvalue weighted by Crippen LogP contribution is -2.38. The van der Waals surface area contributed by atoms with Crippen LogP contribution in [0.2, 0.25) is 0 Å². The van der Waals surface area contributed by atoms with Gasteiger partial charge in [0.2, 0.25) is 15.9 Å². The van der Waals surface area contributed by atoms with E-state index in [-0.39, 0.29) is 24.2 Å². The first-order valence-electron chi connectivity index (χ1n) is 6.24. The summed E-state index contributed by atoms with van der Waals surface area (Å²) in [6.45, 7) is 0.213. The molecule has 2 rings (SSSR count). The Morgan fingerprint density at radius 3 is 2.60 bits per heavy atom. The highest BCUT2D eigenvalue weighted by molar-refractivity contribution is 7.88. The average Bonchev–Trinajstić information content (AvgIpc) is 2.83. The maximum Gasteiger partial charge on any atom is 0.220 e. The zero-order valence-corrected chi connectivity index (χ0v) is 11.6. The summed E-state index contributed by atoms with van der Waals surface area (Å²) in [5, 5.41) is 11.4. The summed E-state index contributed by atoms with van der Waals surface area (Å²) in [5.41, 5.74) is 1.11. The molecule has 20 heavy (non-hydrogen) atoms. The number of carbonyl (C=O) groups excluding carboxylic acids is 1. The fourth-order valence-corrected chi connectivity index (χ4v) is 3.19. The molecule has 106 valence electrons. The van der Waals surface area contributed by atoms with E-state index in [1.54, 1.807) is 24.3 Å². The predicted molar refractivity (Wildman–Crippen MR) is 72.9 cm³/mol. The van der Waals surface area contributed by atoms with Gasteiger partial charge in [-0.1, -0.05) is 12.1 Å². The standard InChI is InChI=1S/C13H15N3O3S/c14-7-10-1-3-11(4-2-10)9-20(18,19)15-8-12-5-6-13(17)16-12/h1-4,12,15H,5-6,8-9H2,(H,16,17). The van der Waals surface area contributed by atoms with Crippen LogP contribution in [0.15, 0.2) is 24.3 Å². The van der Waals surface area contributed by atoms with Crippen LogP contribution < -0.4 is 10.0 Å². The van der Waals surface area contributed by atoms with Gasteiger partial charge in [-0.25, -0.2) is 13.1 Å². The van der Waals surface area contributed by atoms with Crippen LogP contribution in [0.4, 0.5) is 0 Å². The first kappa shape index (κ1) is 14.5. The summed E-state index contributed by atoms with van der Waals surface area (Å²) in [6, 6.07) is 8.26. The lowest BCUT2D eigenvalue weighted by molar-refractivity contribution is -0.119. The monoisotopic (exact) mass is 293 g/mol. The van der Waals surface area contributed by atoms with Gasteiger partial charge in [0, 0.05) is 19.0 Å². The molecular formula is C13H15N3O3S. The topological polar surface area (TPSA) is 99.1 Å². The second kappa shape index (κ2) is 6.03. The van der Waals surface area contributed by atoms with E-state index in [4.69, 9.17) is 5.26 Å². The molecular weight excluding hydrogens is 278 g/mol. The van der Waals surface area contributed by atoms with E-state index < -0.39 is 10.0 Å². The molecule has 1 aromatic rings. The number of hydrogen-bond acceptors (Lipinski definition) is 4. The zero-order chi connectivity index (χ0) is 14.6. The van der Waals surface area contributed by atoms with Crippen LogP contribution in [0, 0.1) is 11.3 Å². The molecule has 1 fully saturated rings. The number of sulfonamides is 1. The maximum absolute atomic E-state index is 11.9. The molecule has 0 spiro atoms. The van der Waals surface area contributed by atoms with E-state index in [0.29, 0.717) is 24.0 Å². The minimum atomic E-state index is -3.44. The Kier molecular flexibility index (Phi) is 4.37. The zero-order valence-electron chi connectivity index (χ0n) is 10.8. The average molecular weight is 293 g/mol. The van der Waals surface area contributed by atoms with E-state index in [1.807, 2.05) is 6.07 Å². The molecule has 6 nitrogen and oxygen atoms in total. The van der Waals surface area contributed by atoms with Crippen LogP contribution in [-0.4, -0.2) is 26.9 Å². The van der Waals surface area contributed by atoms with Gasteiger partial charge in [0.25, 0.3) is 0 Å². The van der Waals surface area contributed by atoms with E-state index >= 15 is 0 Å². The molecule has 0 saturated carbocycles. The van der Waals surface area contributed by atoms with Crippen LogP contribution in [0.3, 0.4) is 0 Å². The molecule has 1 saturated heterocycles. The third kappa shape index (κ3) is 4.05. The van der Waals surface area contributed by atoms with Crippen molar-refractivity contribution in [2.75, 3.05) is 6.54 Å². The largest absolute Gasteiger partial charge is 0.352 e. The van der Waals surface area contributed by atoms with Crippen molar-refractivity contribution >= 4 is 15.9 Å². The highest BCUT2D eigenvalue weighted by Crippen LogP contribution is 2.09. The molecule has 1 aromatic carbocycles. The first-order valence-corrected chi connectivity index (χ1v) is 7.89. The fourth-order valence-electron chi connectivity index (χ4n) is 2.00. The van der Waals surface area contributed by atoms with Crippen LogP contribution in [0.25, 0.3) is 0 Å². The molecule has 1 atom stereocenters. The Bertz CT molecular complexity index is 632. The number of nitrogens with one attached hydrogen (secondary N) is 2. The van der Waals surface area contributed by atoms with Crippen molar-refractivity contribution in [3.05, 3.63) is 35.4 Å². The molecule has 0 bridgehead atoms. The normalized spacial score (nSPS) is 18.6. The predicted octanol–water partition coefficient (Wildman–Crippen LogP) is 0.256. The van der Waals surface area contributed by atoms with Crippen LogP contribution >= 0.6 is 0 Å². The van der Waals surface area contributed by atoms with E-state index in [2.05, 4.69) is 10.0 Å². The van der Waals surface area contributed by atoms with Crippen LogP contribution in [0.1, 0.15) is 24.0 Å². The molecule has 1 amide bonds. The number of rotatable bonds is 5. The Morgan fingerprint density at radius 1 is 1.35 bits per heavy atom. The Balaban J connectivity index is 1.90. The van der Waals surface area contributed by atoms with Crippen molar-refractivity contribution in [3.63, 3.8) is 0 Å². The molecule has 2 N–H and O–H groups in total. The smallest absolute Gasteiger partial charge is 0.220 e. The molecule has 1 unspecified atom stereocenters. The van der Waals surface area contributed by atoms with Gasteiger partial charge in [0.05, 0.1) is 17.4 Å².